The zero-order valence-corrected chi connectivity index (χ0v) is 13.2. The number of likely N-dealkylation sites (tertiary alicyclic amines) is 1. The van der Waals surface area contributed by atoms with Crippen LogP contribution in [-0.2, 0) is 0 Å². The van der Waals surface area contributed by atoms with Gasteiger partial charge in [0.05, 0.1) is 12.3 Å². The first kappa shape index (κ1) is 15.0. The standard InChI is InChI=1S/C14H19N5O2S/c1-10-17-18-14(22-10)16-13(20)15-9-11(12-5-4-8-21-12)19-6-2-3-7-19/h4-5,8,11H,2-3,6-7,9H2,1H3,(H2,15,16,18,20)/t11-/m0/s1. The van der Waals surface area contributed by atoms with Crippen molar-refractivity contribution in [3.8, 4) is 0 Å². The van der Waals surface area contributed by atoms with Crippen molar-refractivity contribution in [3.05, 3.63) is 29.2 Å². The molecule has 8 heteroatoms. The smallest absolute Gasteiger partial charge is 0.321 e. The average Bonchev–Trinajstić information content (AvgIpc) is 3.22. The molecule has 2 aromatic rings. The summed E-state index contributed by atoms with van der Waals surface area (Å²) in [6.45, 7) is 4.41. The molecule has 0 unspecified atom stereocenters. The van der Waals surface area contributed by atoms with E-state index in [4.69, 9.17) is 4.42 Å². The summed E-state index contributed by atoms with van der Waals surface area (Å²) in [5.41, 5.74) is 0. The fraction of sp³-hybridized carbons (Fsp3) is 0.500. The second kappa shape index (κ2) is 6.89. The van der Waals surface area contributed by atoms with Crippen molar-refractivity contribution in [2.45, 2.75) is 25.8 Å². The van der Waals surface area contributed by atoms with Crippen LogP contribution < -0.4 is 10.6 Å². The number of nitrogens with zero attached hydrogens (tertiary/aromatic N) is 3. The van der Waals surface area contributed by atoms with Crippen molar-refractivity contribution in [2.24, 2.45) is 0 Å². The van der Waals surface area contributed by atoms with Crippen molar-refractivity contribution in [2.75, 3.05) is 25.0 Å². The number of carbonyl (C=O) groups is 1. The van der Waals surface area contributed by atoms with Crippen LogP contribution in [0.1, 0.15) is 29.7 Å². The summed E-state index contributed by atoms with van der Waals surface area (Å²) in [5, 5.41) is 14.7. The molecule has 3 rings (SSSR count). The number of hydrogen-bond acceptors (Lipinski definition) is 6. The maximum Gasteiger partial charge on any atom is 0.321 e. The van der Waals surface area contributed by atoms with Crippen molar-refractivity contribution < 1.29 is 9.21 Å². The lowest BCUT2D eigenvalue weighted by atomic mass is 10.2. The Balaban J connectivity index is 1.57. The number of amides is 2. The molecule has 2 aromatic heterocycles. The molecule has 7 nitrogen and oxygen atoms in total. The second-order valence-corrected chi connectivity index (χ2v) is 6.42. The number of hydrogen-bond donors (Lipinski definition) is 2. The maximum absolute atomic E-state index is 12.0. The first-order valence-electron chi connectivity index (χ1n) is 7.35. The predicted molar refractivity (Wildman–Crippen MR) is 83.9 cm³/mol. The predicted octanol–water partition coefficient (Wildman–Crippen LogP) is 2.40. The molecule has 1 aliphatic rings. The van der Waals surface area contributed by atoms with Crippen LogP contribution in [0.4, 0.5) is 9.93 Å². The first-order valence-corrected chi connectivity index (χ1v) is 8.16. The lowest BCUT2D eigenvalue weighted by molar-refractivity contribution is 0.207. The van der Waals surface area contributed by atoms with Gasteiger partial charge < -0.3 is 9.73 Å². The summed E-state index contributed by atoms with van der Waals surface area (Å²) in [6.07, 6.45) is 4.05. The fourth-order valence-electron chi connectivity index (χ4n) is 2.62. The van der Waals surface area contributed by atoms with Gasteiger partial charge in [-0.1, -0.05) is 11.3 Å². The van der Waals surface area contributed by atoms with Crippen LogP contribution in [0.2, 0.25) is 0 Å². The summed E-state index contributed by atoms with van der Waals surface area (Å²) in [4.78, 5) is 14.3. The normalized spacial score (nSPS) is 16.6. The summed E-state index contributed by atoms with van der Waals surface area (Å²) >= 11 is 1.35. The Morgan fingerprint density at radius 1 is 1.45 bits per heavy atom. The number of rotatable bonds is 5. The van der Waals surface area contributed by atoms with E-state index in [-0.39, 0.29) is 12.1 Å². The molecule has 0 spiro atoms. The number of anilines is 1. The zero-order valence-electron chi connectivity index (χ0n) is 12.4. The minimum Gasteiger partial charge on any atom is -0.468 e. The van der Waals surface area contributed by atoms with E-state index in [0.717, 1.165) is 23.9 Å². The van der Waals surface area contributed by atoms with Crippen LogP contribution in [-0.4, -0.2) is 40.8 Å². The summed E-state index contributed by atoms with van der Waals surface area (Å²) in [7, 11) is 0. The molecule has 0 saturated carbocycles. The zero-order chi connectivity index (χ0) is 15.4. The molecular weight excluding hydrogens is 302 g/mol. The Bertz CT molecular complexity index is 607. The van der Waals surface area contributed by atoms with Gasteiger partial charge in [0, 0.05) is 6.54 Å². The molecule has 0 radical (unpaired) electrons. The molecule has 2 N–H and O–H groups in total. The van der Waals surface area contributed by atoms with Crippen LogP contribution in [0.3, 0.4) is 0 Å². The maximum atomic E-state index is 12.0. The first-order chi connectivity index (χ1) is 10.7. The Hall–Kier alpha value is -1.93. The summed E-state index contributed by atoms with van der Waals surface area (Å²) in [5.74, 6) is 0.883. The van der Waals surface area contributed by atoms with Gasteiger partial charge in [-0.05, 0) is 45.0 Å². The van der Waals surface area contributed by atoms with Crippen LogP contribution >= 0.6 is 11.3 Å². The molecule has 1 saturated heterocycles. The van der Waals surface area contributed by atoms with E-state index in [1.54, 1.807) is 6.26 Å². The van der Waals surface area contributed by atoms with Crippen LogP contribution in [0.5, 0.6) is 0 Å². The Labute approximate surface area is 132 Å². The summed E-state index contributed by atoms with van der Waals surface area (Å²) < 4.78 is 5.53. The number of carbonyl (C=O) groups excluding carboxylic acids is 1. The summed E-state index contributed by atoms with van der Waals surface area (Å²) in [6, 6.07) is 3.63. The van der Waals surface area contributed by atoms with E-state index < -0.39 is 0 Å². The molecule has 1 aliphatic heterocycles. The largest absolute Gasteiger partial charge is 0.468 e. The van der Waals surface area contributed by atoms with Crippen molar-refractivity contribution in [3.63, 3.8) is 0 Å². The highest BCUT2D eigenvalue weighted by molar-refractivity contribution is 7.15. The highest BCUT2D eigenvalue weighted by Gasteiger charge is 2.25. The van der Waals surface area contributed by atoms with Crippen LogP contribution in [0.25, 0.3) is 0 Å². The van der Waals surface area contributed by atoms with Crippen molar-refractivity contribution in [1.82, 2.24) is 20.4 Å². The van der Waals surface area contributed by atoms with Gasteiger partial charge in [-0.15, -0.1) is 10.2 Å². The molecule has 118 valence electrons. The molecule has 1 fully saturated rings. The average molecular weight is 321 g/mol. The van der Waals surface area contributed by atoms with Gasteiger partial charge in [-0.2, -0.15) is 0 Å². The number of urea groups is 1. The Kier molecular flexibility index (Phi) is 4.69. The molecule has 1 atom stereocenters. The van der Waals surface area contributed by atoms with E-state index in [0.29, 0.717) is 11.7 Å². The molecule has 2 amide bonds. The molecule has 3 heterocycles. The lowest BCUT2D eigenvalue weighted by Gasteiger charge is -2.25. The topological polar surface area (TPSA) is 83.3 Å². The Morgan fingerprint density at radius 3 is 2.91 bits per heavy atom. The van der Waals surface area contributed by atoms with Gasteiger partial charge in [0.1, 0.15) is 10.8 Å². The minimum atomic E-state index is -0.271. The highest BCUT2D eigenvalue weighted by atomic mass is 32.1. The molecule has 0 aliphatic carbocycles. The van der Waals surface area contributed by atoms with Crippen LogP contribution in [0.15, 0.2) is 22.8 Å². The quantitative estimate of drug-likeness (QED) is 0.883. The third-order valence-corrected chi connectivity index (χ3v) is 4.41. The third kappa shape index (κ3) is 3.63. The van der Waals surface area contributed by atoms with E-state index in [9.17, 15) is 4.79 Å². The van der Waals surface area contributed by atoms with Gasteiger partial charge in [-0.25, -0.2) is 4.79 Å². The number of furan rings is 1. The van der Waals surface area contributed by atoms with Gasteiger partial charge in [0.25, 0.3) is 0 Å². The number of aryl methyl sites for hydroxylation is 1. The van der Waals surface area contributed by atoms with Gasteiger partial charge in [-0.3, -0.25) is 10.2 Å². The SMILES string of the molecule is Cc1nnc(NC(=O)NC[C@@H](c2ccco2)N2CCCC2)s1. The fourth-order valence-corrected chi connectivity index (χ4v) is 3.21. The Morgan fingerprint density at radius 2 is 2.27 bits per heavy atom. The van der Waals surface area contributed by atoms with Crippen LogP contribution in [0, 0.1) is 6.92 Å². The molecular formula is C14H19N5O2S. The van der Waals surface area contributed by atoms with Gasteiger partial charge in [0.15, 0.2) is 0 Å². The highest BCUT2D eigenvalue weighted by Crippen LogP contribution is 2.24. The lowest BCUT2D eigenvalue weighted by Crippen LogP contribution is -2.38. The van der Waals surface area contributed by atoms with Gasteiger partial charge >= 0.3 is 6.03 Å². The van der Waals surface area contributed by atoms with E-state index in [1.165, 1.54) is 24.2 Å². The van der Waals surface area contributed by atoms with Crippen molar-refractivity contribution in [1.29, 1.82) is 0 Å². The van der Waals surface area contributed by atoms with Gasteiger partial charge in [0.2, 0.25) is 5.13 Å². The minimum absolute atomic E-state index is 0.0689. The van der Waals surface area contributed by atoms with E-state index >= 15 is 0 Å². The van der Waals surface area contributed by atoms with E-state index in [1.807, 2.05) is 19.1 Å². The molecule has 22 heavy (non-hydrogen) atoms. The third-order valence-electron chi connectivity index (χ3n) is 3.66. The van der Waals surface area contributed by atoms with Crippen molar-refractivity contribution >= 4 is 22.5 Å². The molecule has 0 bridgehead atoms. The second-order valence-electron chi connectivity index (χ2n) is 5.24. The monoisotopic (exact) mass is 321 g/mol. The van der Waals surface area contributed by atoms with E-state index in [2.05, 4.69) is 25.7 Å². The number of aromatic nitrogens is 2. The number of nitrogens with one attached hydrogen (secondary N) is 2. The molecule has 0 aromatic carbocycles.